The van der Waals surface area contributed by atoms with Crippen LogP contribution in [0.3, 0.4) is 0 Å². The first kappa shape index (κ1) is 21.9. The summed E-state index contributed by atoms with van der Waals surface area (Å²) in [4.78, 5) is 28.0. The van der Waals surface area contributed by atoms with Crippen molar-refractivity contribution in [1.82, 2.24) is 14.0 Å². The van der Waals surface area contributed by atoms with E-state index in [1.54, 1.807) is 18.6 Å². The number of para-hydroxylation sites is 2. The highest BCUT2D eigenvalue weighted by molar-refractivity contribution is 5.93. The molecule has 0 saturated carbocycles. The number of amides is 1. The van der Waals surface area contributed by atoms with Crippen molar-refractivity contribution in [2.24, 2.45) is 5.73 Å². The van der Waals surface area contributed by atoms with Crippen LogP contribution in [-0.4, -0.2) is 40.1 Å². The molecule has 3 aromatic carbocycles. The standard InChI is InChI=1S/C28H30N4O3/c1-17(27(29)33)31-21-8-3-4-9-22(21)32(28(31)34)20-12-14-30(15-13-20)23-16-19-7-5-6-18-10-11-24(35-2)26(23)25(18)19/h3-11,17,20,23H,12-16H2,1-2H3,(H2,29,33). The molecular weight excluding hydrogens is 440 g/mol. The minimum absolute atomic E-state index is 0.0754. The maximum absolute atomic E-state index is 13.5. The molecular formula is C28H30N4O3. The second-order valence-corrected chi connectivity index (χ2v) is 9.77. The molecule has 2 aliphatic rings. The maximum atomic E-state index is 13.5. The summed E-state index contributed by atoms with van der Waals surface area (Å²) >= 11 is 0. The summed E-state index contributed by atoms with van der Waals surface area (Å²) in [6.07, 6.45) is 2.71. The third kappa shape index (κ3) is 3.29. The number of imidazole rings is 1. The molecule has 35 heavy (non-hydrogen) atoms. The van der Waals surface area contributed by atoms with Gasteiger partial charge in [0.05, 0.1) is 18.1 Å². The van der Waals surface area contributed by atoms with Crippen LogP contribution in [0, 0.1) is 0 Å². The van der Waals surface area contributed by atoms with Gasteiger partial charge in [0.15, 0.2) is 0 Å². The molecule has 1 aliphatic heterocycles. The van der Waals surface area contributed by atoms with Crippen molar-refractivity contribution >= 4 is 27.7 Å². The summed E-state index contributed by atoms with van der Waals surface area (Å²) < 4.78 is 9.22. The minimum Gasteiger partial charge on any atom is -0.496 e. The van der Waals surface area contributed by atoms with E-state index in [2.05, 4.69) is 35.2 Å². The third-order valence-corrected chi connectivity index (χ3v) is 8.02. The average Bonchev–Trinajstić information content (AvgIpc) is 3.40. The van der Waals surface area contributed by atoms with E-state index >= 15 is 0 Å². The molecule has 6 rings (SSSR count). The first-order valence-corrected chi connectivity index (χ1v) is 12.3. The lowest BCUT2D eigenvalue weighted by atomic mass is 9.98. The topological polar surface area (TPSA) is 82.5 Å². The number of nitrogens with two attached hydrogens (primary N) is 1. The Morgan fingerprint density at radius 2 is 1.77 bits per heavy atom. The molecule has 0 radical (unpaired) electrons. The normalized spacial score (nSPS) is 19.4. The SMILES string of the molecule is COc1ccc2cccc3c2c1C(N1CCC(n2c(=O)n(C(C)C(N)=O)c4ccccc42)CC1)C3. The molecule has 7 heteroatoms. The number of rotatable bonds is 5. The molecule has 1 fully saturated rings. The molecule has 180 valence electrons. The van der Waals surface area contributed by atoms with Crippen LogP contribution < -0.4 is 16.2 Å². The van der Waals surface area contributed by atoms with Gasteiger partial charge in [0.2, 0.25) is 5.91 Å². The van der Waals surface area contributed by atoms with Gasteiger partial charge in [-0.2, -0.15) is 0 Å². The summed E-state index contributed by atoms with van der Waals surface area (Å²) in [6, 6.07) is 18.1. The molecule has 2 atom stereocenters. The molecule has 1 aliphatic carbocycles. The van der Waals surface area contributed by atoms with Crippen molar-refractivity contribution in [3.8, 4) is 5.75 Å². The summed E-state index contributed by atoms with van der Waals surface area (Å²) in [5.41, 5.74) is 9.71. The van der Waals surface area contributed by atoms with Crippen LogP contribution in [0.1, 0.15) is 49.0 Å². The second-order valence-electron chi connectivity index (χ2n) is 9.77. The van der Waals surface area contributed by atoms with Gasteiger partial charge in [0.25, 0.3) is 0 Å². The van der Waals surface area contributed by atoms with E-state index in [-0.39, 0.29) is 17.8 Å². The maximum Gasteiger partial charge on any atom is 0.330 e. The highest BCUT2D eigenvalue weighted by atomic mass is 16.5. The van der Waals surface area contributed by atoms with E-state index in [0.717, 1.165) is 49.1 Å². The fourth-order valence-electron chi connectivity index (χ4n) is 6.27. The summed E-state index contributed by atoms with van der Waals surface area (Å²) in [6.45, 7) is 3.47. The number of hydrogen-bond donors (Lipinski definition) is 1. The monoisotopic (exact) mass is 470 g/mol. The van der Waals surface area contributed by atoms with Gasteiger partial charge >= 0.3 is 5.69 Å². The second kappa shape index (κ2) is 8.27. The smallest absolute Gasteiger partial charge is 0.330 e. The van der Waals surface area contributed by atoms with Gasteiger partial charge in [0, 0.05) is 30.7 Å². The number of aromatic nitrogens is 2. The van der Waals surface area contributed by atoms with E-state index in [1.165, 1.54) is 21.9 Å². The van der Waals surface area contributed by atoms with Crippen LogP contribution >= 0.6 is 0 Å². The van der Waals surface area contributed by atoms with Crippen LogP contribution in [0.4, 0.5) is 0 Å². The first-order valence-electron chi connectivity index (χ1n) is 12.3. The van der Waals surface area contributed by atoms with Crippen molar-refractivity contribution < 1.29 is 9.53 Å². The number of carbonyl (C=O) groups is 1. The Morgan fingerprint density at radius 1 is 1.03 bits per heavy atom. The summed E-state index contributed by atoms with van der Waals surface area (Å²) in [5.74, 6) is 0.447. The summed E-state index contributed by atoms with van der Waals surface area (Å²) in [5, 5.41) is 2.59. The largest absolute Gasteiger partial charge is 0.496 e. The fraction of sp³-hybridized carbons (Fsp3) is 0.357. The van der Waals surface area contributed by atoms with Crippen molar-refractivity contribution in [3.63, 3.8) is 0 Å². The van der Waals surface area contributed by atoms with Crippen molar-refractivity contribution in [1.29, 1.82) is 0 Å². The van der Waals surface area contributed by atoms with Crippen molar-refractivity contribution in [3.05, 3.63) is 76.2 Å². The number of fused-ring (bicyclic) bond motifs is 1. The van der Waals surface area contributed by atoms with E-state index in [0.29, 0.717) is 0 Å². The van der Waals surface area contributed by atoms with Gasteiger partial charge in [0.1, 0.15) is 11.8 Å². The first-order chi connectivity index (χ1) is 17.0. The zero-order valence-corrected chi connectivity index (χ0v) is 20.1. The van der Waals surface area contributed by atoms with Crippen LogP contribution in [0.5, 0.6) is 5.75 Å². The number of primary amides is 1. The lowest BCUT2D eigenvalue weighted by molar-refractivity contribution is -0.120. The van der Waals surface area contributed by atoms with Gasteiger partial charge in [-0.15, -0.1) is 0 Å². The van der Waals surface area contributed by atoms with E-state index in [4.69, 9.17) is 10.5 Å². The number of methoxy groups -OCH3 is 1. The molecule has 1 amide bonds. The number of likely N-dealkylation sites (tertiary alicyclic amines) is 1. The predicted octanol–water partition coefficient (Wildman–Crippen LogP) is 3.95. The summed E-state index contributed by atoms with van der Waals surface area (Å²) in [7, 11) is 1.75. The van der Waals surface area contributed by atoms with Gasteiger partial charge in [-0.1, -0.05) is 36.4 Å². The molecule has 0 bridgehead atoms. The van der Waals surface area contributed by atoms with E-state index < -0.39 is 11.9 Å². The molecule has 2 N–H and O–H groups in total. The molecule has 2 unspecified atom stereocenters. The van der Waals surface area contributed by atoms with Crippen molar-refractivity contribution in [2.75, 3.05) is 20.2 Å². The molecule has 2 heterocycles. The third-order valence-electron chi connectivity index (χ3n) is 8.02. The van der Waals surface area contributed by atoms with Crippen LogP contribution in [0.15, 0.2) is 59.4 Å². The Hall–Kier alpha value is -3.58. The van der Waals surface area contributed by atoms with Crippen LogP contribution in [-0.2, 0) is 11.2 Å². The van der Waals surface area contributed by atoms with Gasteiger partial charge in [-0.05, 0) is 60.7 Å². The molecule has 1 aromatic heterocycles. The Labute approximate surface area is 203 Å². The minimum atomic E-state index is -0.696. The fourth-order valence-corrected chi connectivity index (χ4v) is 6.27. The number of carbonyl (C=O) groups excluding carboxylic acids is 1. The molecule has 7 nitrogen and oxygen atoms in total. The number of hydrogen-bond acceptors (Lipinski definition) is 4. The number of nitrogens with zero attached hydrogens (tertiary/aromatic N) is 3. The molecule has 1 saturated heterocycles. The lowest BCUT2D eigenvalue weighted by Gasteiger charge is -2.37. The zero-order chi connectivity index (χ0) is 24.3. The number of piperidine rings is 1. The molecule has 4 aromatic rings. The van der Waals surface area contributed by atoms with Gasteiger partial charge in [-0.3, -0.25) is 18.8 Å². The quantitative estimate of drug-likeness (QED) is 0.479. The Morgan fingerprint density at radius 3 is 2.49 bits per heavy atom. The number of benzene rings is 3. The lowest BCUT2D eigenvalue weighted by Crippen LogP contribution is -2.40. The van der Waals surface area contributed by atoms with Crippen LogP contribution in [0.25, 0.3) is 21.8 Å². The Bertz CT molecular complexity index is 1510. The van der Waals surface area contributed by atoms with Crippen LogP contribution in [0.2, 0.25) is 0 Å². The van der Waals surface area contributed by atoms with E-state index in [1.807, 2.05) is 28.8 Å². The highest BCUT2D eigenvalue weighted by Gasteiger charge is 2.35. The molecule has 0 spiro atoms. The Kier molecular flexibility index (Phi) is 5.18. The van der Waals surface area contributed by atoms with Gasteiger partial charge < -0.3 is 10.5 Å². The predicted molar refractivity (Wildman–Crippen MR) is 137 cm³/mol. The Balaban J connectivity index is 1.31. The van der Waals surface area contributed by atoms with Crippen molar-refractivity contribution in [2.45, 2.75) is 44.3 Å². The highest BCUT2D eigenvalue weighted by Crippen LogP contribution is 2.46. The average molecular weight is 471 g/mol. The van der Waals surface area contributed by atoms with Gasteiger partial charge in [-0.25, -0.2) is 4.79 Å². The number of ether oxygens (including phenoxy) is 1. The zero-order valence-electron chi connectivity index (χ0n) is 20.1. The van der Waals surface area contributed by atoms with E-state index in [9.17, 15) is 9.59 Å².